The van der Waals surface area contributed by atoms with Gasteiger partial charge >= 0.3 is 5.92 Å². The van der Waals surface area contributed by atoms with Crippen LogP contribution in [0.25, 0.3) is 0 Å². The van der Waals surface area contributed by atoms with Crippen molar-refractivity contribution >= 4 is 19.7 Å². The molecule has 0 N–H and O–H groups in total. The van der Waals surface area contributed by atoms with Crippen molar-refractivity contribution < 1.29 is 17.2 Å². The van der Waals surface area contributed by atoms with Gasteiger partial charge in [0.05, 0.1) is 0 Å². The molecule has 1 aromatic rings. The Hall–Kier alpha value is -0.760. The first-order valence-corrected chi connectivity index (χ1v) is 6.81. The van der Waals surface area contributed by atoms with Crippen molar-refractivity contribution in [3.63, 3.8) is 0 Å². The molecule has 1 heterocycles. The Bertz CT molecular complexity index is 486. The summed E-state index contributed by atoms with van der Waals surface area (Å²) >= 11 is 0. The largest absolute Gasteiger partial charge is 0.306 e. The molecule has 1 rings (SSSR count). The fraction of sp³-hybridized carbons (Fsp3) is 0.714. The van der Waals surface area contributed by atoms with Crippen LogP contribution in [0, 0.1) is 0 Å². The molecule has 0 aliphatic rings. The van der Waals surface area contributed by atoms with E-state index in [2.05, 4.69) is 10.2 Å². The Kier molecular flexibility index (Phi) is 3.53. The molecule has 0 fully saturated rings. The Morgan fingerprint density at radius 1 is 1.38 bits per heavy atom. The number of nitrogens with zero attached hydrogens (tertiary/aromatic N) is 3. The molecule has 1 aromatic heterocycles. The van der Waals surface area contributed by atoms with Gasteiger partial charge < -0.3 is 0 Å². The van der Waals surface area contributed by atoms with E-state index in [9.17, 15) is 17.2 Å². The van der Waals surface area contributed by atoms with Crippen LogP contribution < -0.4 is 0 Å². The SMILES string of the molecule is CCn1c(C(F)(F)CC)nnc1S(=O)(=O)Cl. The van der Waals surface area contributed by atoms with Crippen LogP contribution in [0.15, 0.2) is 5.16 Å². The van der Waals surface area contributed by atoms with E-state index in [1.165, 1.54) is 13.8 Å². The lowest BCUT2D eigenvalue weighted by Crippen LogP contribution is -2.20. The lowest BCUT2D eigenvalue weighted by atomic mass is 10.2. The predicted octanol–water partition coefficient (Wildman–Crippen LogP) is 1.73. The molecule has 0 unspecified atom stereocenters. The number of halogens is 3. The number of hydrogen-bond acceptors (Lipinski definition) is 4. The first-order chi connectivity index (χ1) is 7.24. The van der Waals surface area contributed by atoms with E-state index in [0.717, 1.165) is 4.57 Å². The molecule has 0 saturated carbocycles. The summed E-state index contributed by atoms with van der Waals surface area (Å²) in [4.78, 5) is 0. The first-order valence-electron chi connectivity index (χ1n) is 4.50. The molecule has 5 nitrogen and oxygen atoms in total. The van der Waals surface area contributed by atoms with Crippen LogP contribution in [0.4, 0.5) is 8.78 Å². The number of aromatic nitrogens is 3. The van der Waals surface area contributed by atoms with E-state index in [-0.39, 0.29) is 6.54 Å². The molecule has 0 aromatic carbocycles. The van der Waals surface area contributed by atoms with Gasteiger partial charge in [0.2, 0.25) is 5.82 Å². The predicted molar refractivity (Wildman–Crippen MR) is 52.9 cm³/mol. The van der Waals surface area contributed by atoms with E-state index < -0.39 is 32.4 Å². The monoisotopic (exact) mass is 273 g/mol. The van der Waals surface area contributed by atoms with Gasteiger partial charge in [0.15, 0.2) is 0 Å². The first kappa shape index (κ1) is 13.3. The van der Waals surface area contributed by atoms with Crippen molar-refractivity contribution in [1.82, 2.24) is 14.8 Å². The molecular weight excluding hydrogens is 264 g/mol. The van der Waals surface area contributed by atoms with Gasteiger partial charge in [0, 0.05) is 23.6 Å². The summed E-state index contributed by atoms with van der Waals surface area (Å²) in [5.74, 6) is -3.90. The van der Waals surface area contributed by atoms with Gasteiger partial charge in [-0.15, -0.1) is 10.2 Å². The zero-order valence-electron chi connectivity index (χ0n) is 8.61. The molecule has 0 atom stereocenters. The molecule has 16 heavy (non-hydrogen) atoms. The van der Waals surface area contributed by atoms with E-state index in [1.807, 2.05) is 0 Å². The molecular formula is C7H10ClF2N3O2S. The molecule has 0 bridgehead atoms. The van der Waals surface area contributed by atoms with Crippen LogP contribution in [0.5, 0.6) is 0 Å². The van der Waals surface area contributed by atoms with Crippen LogP contribution in [0.3, 0.4) is 0 Å². The zero-order valence-corrected chi connectivity index (χ0v) is 10.2. The molecule has 0 radical (unpaired) electrons. The molecule has 0 aliphatic heterocycles. The van der Waals surface area contributed by atoms with Crippen LogP contribution in [-0.2, 0) is 21.5 Å². The minimum absolute atomic E-state index is 0.000787. The highest BCUT2D eigenvalue weighted by Crippen LogP contribution is 2.31. The molecule has 0 aliphatic carbocycles. The van der Waals surface area contributed by atoms with Gasteiger partial charge in [-0.25, -0.2) is 8.42 Å². The second-order valence-electron chi connectivity index (χ2n) is 3.05. The average molecular weight is 274 g/mol. The number of alkyl halides is 2. The number of hydrogen-bond donors (Lipinski definition) is 0. The van der Waals surface area contributed by atoms with Crippen molar-refractivity contribution in [3.05, 3.63) is 5.82 Å². The third-order valence-electron chi connectivity index (χ3n) is 2.02. The molecule has 0 amide bonds. The summed E-state index contributed by atoms with van der Waals surface area (Å²) in [7, 11) is 0.888. The Morgan fingerprint density at radius 2 is 1.94 bits per heavy atom. The second kappa shape index (κ2) is 4.25. The fourth-order valence-electron chi connectivity index (χ4n) is 1.18. The molecule has 0 saturated heterocycles. The van der Waals surface area contributed by atoms with E-state index in [0.29, 0.717) is 0 Å². The summed E-state index contributed by atoms with van der Waals surface area (Å²) in [6, 6.07) is 0. The van der Waals surface area contributed by atoms with E-state index in [4.69, 9.17) is 10.7 Å². The maximum atomic E-state index is 13.4. The lowest BCUT2D eigenvalue weighted by Gasteiger charge is -2.14. The van der Waals surface area contributed by atoms with Crippen molar-refractivity contribution in [1.29, 1.82) is 0 Å². The summed E-state index contributed by atoms with van der Waals surface area (Å²) in [6.45, 7) is 2.77. The fourth-order valence-corrected chi connectivity index (χ4v) is 2.14. The molecule has 0 spiro atoms. The van der Waals surface area contributed by atoms with Gasteiger partial charge in [-0.05, 0) is 6.92 Å². The minimum atomic E-state index is -4.17. The summed E-state index contributed by atoms with van der Waals surface area (Å²) < 4.78 is 49.6. The Morgan fingerprint density at radius 3 is 2.31 bits per heavy atom. The van der Waals surface area contributed by atoms with E-state index in [1.54, 1.807) is 0 Å². The third kappa shape index (κ3) is 2.32. The van der Waals surface area contributed by atoms with Gasteiger partial charge in [-0.2, -0.15) is 8.78 Å². The lowest BCUT2D eigenvalue weighted by molar-refractivity contribution is -0.0216. The van der Waals surface area contributed by atoms with Gasteiger partial charge in [0.1, 0.15) is 0 Å². The van der Waals surface area contributed by atoms with Crippen LogP contribution in [0.2, 0.25) is 0 Å². The van der Waals surface area contributed by atoms with Gasteiger partial charge in [-0.1, -0.05) is 6.92 Å². The van der Waals surface area contributed by atoms with Crippen molar-refractivity contribution in [2.45, 2.75) is 37.9 Å². The zero-order chi connectivity index (χ0) is 12.6. The minimum Gasteiger partial charge on any atom is -0.296 e. The van der Waals surface area contributed by atoms with Crippen molar-refractivity contribution in [3.8, 4) is 0 Å². The third-order valence-corrected chi connectivity index (χ3v) is 3.17. The average Bonchev–Trinajstić information content (AvgIpc) is 2.60. The van der Waals surface area contributed by atoms with Gasteiger partial charge in [-0.3, -0.25) is 4.57 Å². The van der Waals surface area contributed by atoms with Crippen molar-refractivity contribution in [2.24, 2.45) is 0 Å². The van der Waals surface area contributed by atoms with Crippen LogP contribution in [-0.4, -0.2) is 23.2 Å². The molecule has 9 heteroatoms. The highest BCUT2D eigenvalue weighted by Gasteiger charge is 2.37. The maximum absolute atomic E-state index is 13.4. The van der Waals surface area contributed by atoms with E-state index >= 15 is 0 Å². The summed E-state index contributed by atoms with van der Waals surface area (Å²) in [6.07, 6.45) is -0.493. The summed E-state index contributed by atoms with van der Waals surface area (Å²) in [5.41, 5.74) is 0. The number of rotatable bonds is 4. The maximum Gasteiger partial charge on any atom is 0.306 e. The quantitative estimate of drug-likeness (QED) is 0.784. The van der Waals surface area contributed by atoms with Crippen molar-refractivity contribution in [2.75, 3.05) is 0 Å². The Labute approximate surface area is 95.8 Å². The van der Waals surface area contributed by atoms with Gasteiger partial charge in [0.25, 0.3) is 14.2 Å². The molecule has 92 valence electrons. The standard InChI is InChI=1S/C7H10ClF2N3O2S/c1-3-7(9,10)5-11-12-6(13(5)4-2)16(8,14)15/h3-4H2,1-2H3. The normalized spacial score (nSPS) is 13.1. The van der Waals surface area contributed by atoms with Crippen LogP contribution >= 0.6 is 10.7 Å². The van der Waals surface area contributed by atoms with Crippen LogP contribution in [0.1, 0.15) is 26.1 Å². The second-order valence-corrected chi connectivity index (χ2v) is 5.51. The summed E-state index contributed by atoms with van der Waals surface area (Å²) in [5, 5.41) is 5.73. The topological polar surface area (TPSA) is 64.8 Å². The highest BCUT2D eigenvalue weighted by atomic mass is 35.7. The smallest absolute Gasteiger partial charge is 0.296 e. The Balaban J connectivity index is 3.42. The highest BCUT2D eigenvalue weighted by molar-refractivity contribution is 8.13.